The second-order valence-electron chi connectivity index (χ2n) is 8.72. The average Bonchev–Trinajstić information content (AvgIpc) is 3.29. The van der Waals surface area contributed by atoms with Gasteiger partial charge in [0, 0.05) is 16.6 Å². The van der Waals surface area contributed by atoms with Crippen molar-refractivity contribution >= 4 is 28.2 Å². The fraction of sp³-hybridized carbons (Fsp3) is 0.417. The Morgan fingerprint density at radius 1 is 1.15 bits per heavy atom. The van der Waals surface area contributed by atoms with Gasteiger partial charge in [0.2, 0.25) is 0 Å². The van der Waals surface area contributed by atoms with E-state index in [1.807, 2.05) is 6.92 Å². The normalized spacial score (nSPS) is 20.4. The number of carbonyl (C=O) groups excluding carboxylic acids is 2. The summed E-state index contributed by atoms with van der Waals surface area (Å²) in [6.45, 7) is 1.92. The molecule has 1 aromatic carbocycles. The van der Waals surface area contributed by atoms with Crippen LogP contribution in [0.15, 0.2) is 35.1 Å². The van der Waals surface area contributed by atoms with Crippen LogP contribution in [0.3, 0.4) is 0 Å². The van der Waals surface area contributed by atoms with E-state index in [0.717, 1.165) is 42.7 Å². The van der Waals surface area contributed by atoms with Crippen molar-refractivity contribution in [3.05, 3.63) is 68.3 Å². The van der Waals surface area contributed by atoms with Crippen molar-refractivity contribution in [3.63, 3.8) is 0 Å². The van der Waals surface area contributed by atoms with Gasteiger partial charge in [0.05, 0.1) is 12.2 Å². The lowest BCUT2D eigenvalue weighted by Gasteiger charge is -2.27. The number of rotatable bonds is 6. The second kappa shape index (κ2) is 8.37. The number of halogens is 1. The van der Waals surface area contributed by atoms with Gasteiger partial charge >= 0.3 is 6.03 Å². The molecule has 1 saturated heterocycles. The molecule has 1 fully saturated rings. The lowest BCUT2D eigenvalue weighted by atomic mass is 9.84. The van der Waals surface area contributed by atoms with Gasteiger partial charge in [-0.1, -0.05) is 31.9 Å². The van der Waals surface area contributed by atoms with Crippen LogP contribution in [0.4, 0.5) is 9.18 Å². The minimum atomic E-state index is -1.25. The first kappa shape index (κ1) is 21.8. The van der Waals surface area contributed by atoms with E-state index in [-0.39, 0.29) is 12.1 Å². The first-order chi connectivity index (χ1) is 15.9. The van der Waals surface area contributed by atoms with Crippen LogP contribution in [-0.2, 0) is 29.7 Å². The van der Waals surface area contributed by atoms with Crippen LogP contribution in [-0.4, -0.2) is 26.2 Å². The van der Waals surface area contributed by atoms with E-state index in [9.17, 15) is 18.8 Å². The Bertz CT molecular complexity index is 1300. The van der Waals surface area contributed by atoms with Gasteiger partial charge in [-0.3, -0.25) is 18.9 Å². The Labute approximate surface area is 194 Å². The molecule has 1 aliphatic carbocycles. The minimum Gasteiger partial charge on any atom is -0.319 e. The first-order valence-electron chi connectivity index (χ1n) is 11.4. The molecule has 7 nitrogen and oxygen atoms in total. The molecule has 1 unspecified atom stereocenters. The number of nitrogens with one attached hydrogen (secondary N) is 1. The highest BCUT2D eigenvalue weighted by molar-refractivity contribution is 7.17. The molecule has 1 aliphatic heterocycles. The van der Waals surface area contributed by atoms with Crippen molar-refractivity contribution in [1.29, 1.82) is 0 Å². The SMILES string of the molecule is CCCCC1(c2ccc(F)cc2)NC(=O)N(Cc2cc(=O)n3c4c(sc3n2)CCCC4)C1=O. The zero-order chi connectivity index (χ0) is 23.2. The van der Waals surface area contributed by atoms with Crippen molar-refractivity contribution in [2.75, 3.05) is 0 Å². The zero-order valence-corrected chi connectivity index (χ0v) is 19.2. The van der Waals surface area contributed by atoms with Gasteiger partial charge in [-0.2, -0.15) is 0 Å². The predicted molar refractivity (Wildman–Crippen MR) is 123 cm³/mol. The summed E-state index contributed by atoms with van der Waals surface area (Å²) in [5.41, 5.74) is 0.537. The van der Waals surface area contributed by atoms with Gasteiger partial charge in [0.1, 0.15) is 11.4 Å². The number of amides is 3. The minimum absolute atomic E-state index is 0.0892. The second-order valence-corrected chi connectivity index (χ2v) is 9.78. The number of carbonyl (C=O) groups is 2. The molecular weight excluding hydrogens is 443 g/mol. The van der Waals surface area contributed by atoms with Crippen LogP contribution in [0, 0.1) is 5.82 Å². The number of fused-ring (bicyclic) bond motifs is 3. The summed E-state index contributed by atoms with van der Waals surface area (Å²) in [5.74, 6) is -0.810. The molecule has 33 heavy (non-hydrogen) atoms. The third-order valence-electron chi connectivity index (χ3n) is 6.55. The van der Waals surface area contributed by atoms with Crippen LogP contribution in [0.2, 0.25) is 0 Å². The fourth-order valence-electron chi connectivity index (χ4n) is 4.84. The maximum Gasteiger partial charge on any atom is 0.325 e. The number of benzene rings is 1. The maximum atomic E-state index is 13.6. The molecule has 0 spiro atoms. The highest BCUT2D eigenvalue weighted by Gasteiger charge is 2.51. The van der Waals surface area contributed by atoms with Crippen LogP contribution in [0.1, 0.15) is 60.9 Å². The third-order valence-corrected chi connectivity index (χ3v) is 7.70. The molecule has 5 rings (SSSR count). The maximum absolute atomic E-state index is 13.6. The number of unbranched alkanes of at least 4 members (excludes halogenated alkanes) is 1. The Kier molecular flexibility index (Phi) is 5.52. The number of nitrogens with zero attached hydrogens (tertiary/aromatic N) is 3. The summed E-state index contributed by atoms with van der Waals surface area (Å²) >= 11 is 1.51. The molecule has 0 radical (unpaired) electrons. The number of hydrogen-bond acceptors (Lipinski definition) is 5. The van der Waals surface area contributed by atoms with Crippen molar-refractivity contribution in [1.82, 2.24) is 19.6 Å². The number of imide groups is 1. The third kappa shape index (κ3) is 3.64. The number of urea groups is 1. The van der Waals surface area contributed by atoms with Gasteiger partial charge < -0.3 is 5.32 Å². The monoisotopic (exact) mass is 468 g/mol. The van der Waals surface area contributed by atoms with Crippen molar-refractivity contribution in [2.24, 2.45) is 0 Å². The molecule has 3 amide bonds. The van der Waals surface area contributed by atoms with Crippen molar-refractivity contribution < 1.29 is 14.0 Å². The smallest absolute Gasteiger partial charge is 0.319 e. The molecule has 2 aromatic heterocycles. The van der Waals surface area contributed by atoms with Gasteiger partial charge in [-0.25, -0.2) is 14.2 Å². The number of aryl methyl sites for hydroxylation is 2. The quantitative estimate of drug-likeness (QED) is 0.556. The van der Waals surface area contributed by atoms with Crippen LogP contribution in [0.25, 0.3) is 4.96 Å². The van der Waals surface area contributed by atoms with Gasteiger partial charge in [0.15, 0.2) is 4.96 Å². The van der Waals surface area contributed by atoms with Gasteiger partial charge in [-0.05, 0) is 49.8 Å². The summed E-state index contributed by atoms with van der Waals surface area (Å²) in [6, 6.07) is 6.55. The lowest BCUT2D eigenvalue weighted by molar-refractivity contribution is -0.132. The van der Waals surface area contributed by atoms with Crippen molar-refractivity contribution in [2.45, 2.75) is 64.0 Å². The number of thiazole rings is 1. The summed E-state index contributed by atoms with van der Waals surface area (Å²) in [4.78, 5) is 46.9. The molecule has 3 heterocycles. The van der Waals surface area contributed by atoms with Crippen LogP contribution in [0.5, 0.6) is 0 Å². The molecule has 0 saturated carbocycles. The Hall–Kier alpha value is -3.07. The molecule has 1 atom stereocenters. The Balaban J connectivity index is 1.49. The lowest BCUT2D eigenvalue weighted by Crippen LogP contribution is -2.44. The Morgan fingerprint density at radius 3 is 2.67 bits per heavy atom. The van der Waals surface area contributed by atoms with E-state index >= 15 is 0 Å². The van der Waals surface area contributed by atoms with E-state index in [1.165, 1.54) is 34.4 Å². The standard InChI is InChI=1S/C24H25FN4O3S/c1-2-3-12-24(15-8-10-16(25)11-9-15)21(31)28(22(32)27-24)14-17-13-20(30)29-18-6-4-5-7-19(18)33-23(29)26-17/h8-11,13H,2-7,12,14H2,1H3,(H,27,32). The largest absolute Gasteiger partial charge is 0.325 e. The number of aromatic nitrogens is 2. The molecule has 2 aliphatic rings. The van der Waals surface area contributed by atoms with Crippen LogP contribution < -0.4 is 10.9 Å². The topological polar surface area (TPSA) is 83.8 Å². The van der Waals surface area contributed by atoms with E-state index in [0.29, 0.717) is 29.1 Å². The van der Waals surface area contributed by atoms with E-state index in [1.54, 1.807) is 16.5 Å². The van der Waals surface area contributed by atoms with Crippen molar-refractivity contribution in [3.8, 4) is 0 Å². The summed E-state index contributed by atoms with van der Waals surface area (Å²) in [6.07, 6.45) is 5.92. The highest BCUT2D eigenvalue weighted by Crippen LogP contribution is 2.35. The van der Waals surface area contributed by atoms with Gasteiger partial charge in [-0.15, -0.1) is 11.3 Å². The summed E-state index contributed by atoms with van der Waals surface area (Å²) in [7, 11) is 0. The summed E-state index contributed by atoms with van der Waals surface area (Å²) in [5, 5.41) is 2.86. The molecule has 0 bridgehead atoms. The van der Waals surface area contributed by atoms with E-state index in [2.05, 4.69) is 10.3 Å². The zero-order valence-electron chi connectivity index (χ0n) is 18.4. The average molecular weight is 469 g/mol. The predicted octanol–water partition coefficient (Wildman–Crippen LogP) is 3.91. The van der Waals surface area contributed by atoms with E-state index < -0.39 is 23.3 Å². The molecule has 9 heteroatoms. The molecular formula is C24H25FN4O3S. The highest BCUT2D eigenvalue weighted by atomic mass is 32.1. The first-order valence-corrected chi connectivity index (χ1v) is 12.2. The fourth-order valence-corrected chi connectivity index (χ4v) is 6.07. The Morgan fingerprint density at radius 2 is 1.91 bits per heavy atom. The number of hydrogen-bond donors (Lipinski definition) is 1. The van der Waals surface area contributed by atoms with E-state index in [4.69, 9.17) is 0 Å². The molecule has 1 N–H and O–H groups in total. The molecule has 172 valence electrons. The molecule has 3 aromatic rings. The van der Waals surface area contributed by atoms with Gasteiger partial charge in [0.25, 0.3) is 11.5 Å². The summed E-state index contributed by atoms with van der Waals surface area (Å²) < 4.78 is 15.2. The van der Waals surface area contributed by atoms with Crippen LogP contribution >= 0.6 is 11.3 Å².